The molecule has 6 nitrogen and oxygen atoms in total. The second kappa shape index (κ2) is 7.34. The number of hydrogen-bond acceptors (Lipinski definition) is 4. The maximum absolute atomic E-state index is 13.5. The van der Waals surface area contributed by atoms with E-state index in [1.807, 2.05) is 18.2 Å². The summed E-state index contributed by atoms with van der Waals surface area (Å²) in [5, 5.41) is 2.87. The quantitative estimate of drug-likeness (QED) is 0.738. The molecule has 0 unspecified atom stereocenters. The normalized spacial score (nSPS) is 14.6. The van der Waals surface area contributed by atoms with Crippen molar-refractivity contribution in [2.75, 3.05) is 12.4 Å². The van der Waals surface area contributed by atoms with Crippen LogP contribution in [0, 0.1) is 5.92 Å². The van der Waals surface area contributed by atoms with E-state index in [0.717, 1.165) is 31.2 Å². The van der Waals surface area contributed by atoms with Gasteiger partial charge < -0.3 is 10.1 Å². The lowest BCUT2D eigenvalue weighted by Gasteiger charge is -2.11. The number of amides is 1. The number of hydrogen-bond donors (Lipinski definition) is 1. The molecule has 3 aromatic rings. The Kier molecular flexibility index (Phi) is 4.75. The number of ether oxygens (including phenoxy) is 1. The minimum absolute atomic E-state index is 0.0253. The highest BCUT2D eigenvalue weighted by atomic mass is 19.1. The first kappa shape index (κ1) is 17.5. The fraction of sp³-hybridized carbons (Fsp3) is 0.350. The van der Waals surface area contributed by atoms with Gasteiger partial charge in [0.25, 0.3) is 0 Å². The van der Waals surface area contributed by atoms with E-state index in [9.17, 15) is 9.18 Å². The van der Waals surface area contributed by atoms with Gasteiger partial charge in [-0.2, -0.15) is 0 Å². The van der Waals surface area contributed by atoms with Gasteiger partial charge in [0.1, 0.15) is 24.1 Å². The summed E-state index contributed by atoms with van der Waals surface area (Å²) in [5.41, 5.74) is 2.11. The van der Waals surface area contributed by atoms with Gasteiger partial charge in [-0.05, 0) is 37.1 Å². The monoisotopic (exact) mass is 368 g/mol. The summed E-state index contributed by atoms with van der Waals surface area (Å²) in [6.07, 6.45) is 5.71. The van der Waals surface area contributed by atoms with Crippen LogP contribution in [0.5, 0.6) is 5.75 Å². The molecular weight excluding hydrogens is 347 g/mol. The van der Waals surface area contributed by atoms with E-state index in [0.29, 0.717) is 28.6 Å². The number of nitrogens with zero attached hydrogens (tertiary/aromatic N) is 3. The second-order valence-electron chi connectivity index (χ2n) is 6.72. The number of anilines is 1. The fourth-order valence-electron chi connectivity index (χ4n) is 3.62. The Labute approximate surface area is 156 Å². The number of alkyl halides is 1. The van der Waals surface area contributed by atoms with Gasteiger partial charge >= 0.3 is 0 Å². The van der Waals surface area contributed by atoms with E-state index in [1.54, 1.807) is 30.0 Å². The zero-order chi connectivity index (χ0) is 18.8. The van der Waals surface area contributed by atoms with Crippen LogP contribution in [0.15, 0.2) is 36.5 Å². The van der Waals surface area contributed by atoms with Crippen molar-refractivity contribution >= 4 is 22.8 Å². The number of imidazole rings is 1. The van der Waals surface area contributed by atoms with Crippen LogP contribution < -0.4 is 10.1 Å². The Morgan fingerprint density at radius 3 is 2.78 bits per heavy atom. The zero-order valence-electron chi connectivity index (χ0n) is 15.1. The molecule has 140 valence electrons. The van der Waals surface area contributed by atoms with Crippen LogP contribution in [0.1, 0.15) is 31.5 Å². The molecule has 1 aliphatic carbocycles. The minimum atomic E-state index is -0.697. The molecule has 7 heteroatoms. The summed E-state index contributed by atoms with van der Waals surface area (Å²) >= 11 is 0. The van der Waals surface area contributed by atoms with E-state index < -0.39 is 6.67 Å². The number of carbonyl (C=O) groups is 1. The number of halogens is 1. The second-order valence-corrected chi connectivity index (χ2v) is 6.72. The lowest BCUT2D eigenvalue weighted by Crippen LogP contribution is -2.20. The van der Waals surface area contributed by atoms with E-state index in [2.05, 4.69) is 15.3 Å². The zero-order valence-corrected chi connectivity index (χ0v) is 15.1. The summed E-state index contributed by atoms with van der Waals surface area (Å²) in [6, 6.07) is 8.97. The number of nitrogens with one attached hydrogen (secondary N) is 1. The van der Waals surface area contributed by atoms with Gasteiger partial charge in [0.15, 0.2) is 0 Å². The maximum Gasteiger partial charge on any atom is 0.228 e. The van der Waals surface area contributed by atoms with E-state index in [4.69, 9.17) is 4.74 Å². The molecule has 1 aliphatic rings. The Hall–Kier alpha value is -2.96. The number of fused-ring (bicyclic) bond motifs is 1. The average Bonchev–Trinajstić information content (AvgIpc) is 3.35. The van der Waals surface area contributed by atoms with Crippen LogP contribution in [-0.4, -0.2) is 27.6 Å². The highest BCUT2D eigenvalue weighted by Gasteiger charge is 2.23. The number of rotatable bonds is 5. The summed E-state index contributed by atoms with van der Waals surface area (Å²) in [6.45, 7) is -0.697. The molecule has 0 saturated heterocycles. The Morgan fingerprint density at radius 2 is 2.11 bits per heavy atom. The smallest absolute Gasteiger partial charge is 0.228 e. The molecule has 2 aromatic heterocycles. The molecule has 0 spiro atoms. The van der Waals surface area contributed by atoms with Gasteiger partial charge in [-0.15, -0.1) is 0 Å². The van der Waals surface area contributed by atoms with Crippen molar-refractivity contribution in [3.05, 3.63) is 42.4 Å². The van der Waals surface area contributed by atoms with Crippen molar-refractivity contribution in [3.63, 3.8) is 0 Å². The molecule has 1 N–H and O–H groups in total. The molecule has 0 aliphatic heterocycles. The third-order valence-electron chi connectivity index (χ3n) is 5.03. The van der Waals surface area contributed by atoms with Crippen molar-refractivity contribution in [2.24, 2.45) is 5.92 Å². The van der Waals surface area contributed by atoms with E-state index in [1.165, 1.54) is 0 Å². The minimum Gasteiger partial charge on any atom is -0.497 e. The average molecular weight is 368 g/mol. The van der Waals surface area contributed by atoms with Crippen LogP contribution >= 0.6 is 0 Å². The molecule has 4 rings (SSSR count). The molecular formula is C20H21FN4O2. The third-order valence-corrected chi connectivity index (χ3v) is 5.03. The van der Waals surface area contributed by atoms with Crippen LogP contribution in [0.4, 0.5) is 10.2 Å². The van der Waals surface area contributed by atoms with Crippen LogP contribution in [0.2, 0.25) is 0 Å². The van der Waals surface area contributed by atoms with E-state index in [-0.39, 0.29) is 11.8 Å². The first-order valence-electron chi connectivity index (χ1n) is 9.08. The van der Waals surface area contributed by atoms with Crippen molar-refractivity contribution in [2.45, 2.75) is 32.4 Å². The van der Waals surface area contributed by atoms with Gasteiger partial charge in [0.2, 0.25) is 5.91 Å². The fourth-order valence-corrected chi connectivity index (χ4v) is 3.62. The molecule has 1 saturated carbocycles. The molecule has 1 amide bonds. The van der Waals surface area contributed by atoms with Gasteiger partial charge in [0, 0.05) is 12.0 Å². The third kappa shape index (κ3) is 3.37. The van der Waals surface area contributed by atoms with Crippen molar-refractivity contribution < 1.29 is 13.9 Å². The standard InChI is InChI=1S/C20H21FN4O2/c1-27-15-7-8-17-16(10-15)23-19(11-21)25(17)14-6-9-18(22-12-14)24-20(26)13-4-2-3-5-13/h6-10,12-13H,2-5,11H2,1H3,(H,22,24,26). The Bertz CT molecular complexity index is 962. The van der Waals surface area contributed by atoms with E-state index >= 15 is 0 Å². The highest BCUT2D eigenvalue weighted by molar-refractivity contribution is 5.91. The molecule has 0 atom stereocenters. The molecule has 1 aromatic carbocycles. The number of pyridine rings is 1. The van der Waals surface area contributed by atoms with Crippen molar-refractivity contribution in [1.82, 2.24) is 14.5 Å². The lowest BCUT2D eigenvalue weighted by molar-refractivity contribution is -0.119. The van der Waals surface area contributed by atoms with Crippen molar-refractivity contribution in [1.29, 1.82) is 0 Å². The highest BCUT2D eigenvalue weighted by Crippen LogP contribution is 2.27. The summed E-state index contributed by atoms with van der Waals surface area (Å²) < 4.78 is 20.5. The van der Waals surface area contributed by atoms with Crippen molar-refractivity contribution in [3.8, 4) is 11.4 Å². The first-order valence-corrected chi connectivity index (χ1v) is 9.08. The molecule has 0 radical (unpaired) electrons. The Balaban J connectivity index is 1.62. The summed E-state index contributed by atoms with van der Waals surface area (Å²) in [4.78, 5) is 20.9. The van der Waals surface area contributed by atoms with Gasteiger partial charge in [-0.25, -0.2) is 14.4 Å². The largest absolute Gasteiger partial charge is 0.497 e. The Morgan fingerprint density at radius 1 is 1.30 bits per heavy atom. The number of benzene rings is 1. The topological polar surface area (TPSA) is 69.0 Å². The number of methoxy groups -OCH3 is 1. The number of carbonyl (C=O) groups excluding carboxylic acids is 1. The molecule has 0 bridgehead atoms. The van der Waals surface area contributed by atoms with Gasteiger partial charge in [0.05, 0.1) is 30.0 Å². The first-order chi connectivity index (χ1) is 13.2. The van der Waals surface area contributed by atoms with Gasteiger partial charge in [-0.3, -0.25) is 9.36 Å². The summed E-state index contributed by atoms with van der Waals surface area (Å²) in [5.74, 6) is 1.57. The van der Waals surface area contributed by atoms with Crippen LogP contribution in [0.3, 0.4) is 0 Å². The molecule has 27 heavy (non-hydrogen) atoms. The predicted octanol–water partition coefficient (Wildman–Crippen LogP) is 4.03. The molecule has 2 heterocycles. The van der Waals surface area contributed by atoms with Crippen LogP contribution in [-0.2, 0) is 11.5 Å². The SMILES string of the molecule is COc1ccc2c(c1)nc(CF)n2-c1ccc(NC(=O)C2CCCC2)nc1. The summed E-state index contributed by atoms with van der Waals surface area (Å²) in [7, 11) is 1.58. The predicted molar refractivity (Wildman–Crippen MR) is 101 cm³/mol. The van der Waals surface area contributed by atoms with Gasteiger partial charge in [-0.1, -0.05) is 12.8 Å². The lowest BCUT2D eigenvalue weighted by atomic mass is 10.1. The maximum atomic E-state index is 13.5. The number of aromatic nitrogens is 3. The van der Waals surface area contributed by atoms with Crippen LogP contribution in [0.25, 0.3) is 16.7 Å². The molecule has 1 fully saturated rings.